The SMILES string of the molecule is [CH2-]C1c2ccccc2[CH-]c2ccccc21.[CH3-].[V]. The summed E-state index contributed by atoms with van der Waals surface area (Å²) in [5.41, 5.74) is 5.26. The average Bonchev–Trinajstić information content (AvgIpc) is 2.30. The van der Waals surface area contributed by atoms with Crippen molar-refractivity contribution < 1.29 is 18.6 Å². The maximum Gasteiger partial charge on any atom is 0 e. The van der Waals surface area contributed by atoms with Gasteiger partial charge < -0.3 is 14.4 Å². The fraction of sp³-hybridized carbons (Fsp3) is 0.0625. The van der Waals surface area contributed by atoms with E-state index in [2.05, 4.69) is 61.9 Å². The maximum atomic E-state index is 4.26. The molecule has 0 nitrogen and oxygen atoms in total. The van der Waals surface area contributed by atoms with Crippen LogP contribution in [0.3, 0.4) is 0 Å². The van der Waals surface area contributed by atoms with E-state index < -0.39 is 0 Å². The van der Waals surface area contributed by atoms with Crippen LogP contribution in [-0.2, 0) is 18.6 Å². The first-order valence-electron chi connectivity index (χ1n) is 5.22. The van der Waals surface area contributed by atoms with Crippen molar-refractivity contribution in [3.05, 3.63) is 91.6 Å². The van der Waals surface area contributed by atoms with E-state index in [0.29, 0.717) is 0 Å². The van der Waals surface area contributed by atoms with Crippen molar-refractivity contribution in [2.75, 3.05) is 0 Å². The van der Waals surface area contributed by atoms with Crippen molar-refractivity contribution in [1.82, 2.24) is 0 Å². The summed E-state index contributed by atoms with van der Waals surface area (Å²) in [4.78, 5) is 0. The van der Waals surface area contributed by atoms with Gasteiger partial charge in [0, 0.05) is 18.6 Å². The average molecular weight is 258 g/mol. The monoisotopic (exact) mass is 258 g/mol. The molecule has 17 heavy (non-hydrogen) atoms. The minimum Gasteiger partial charge on any atom is -0.358 e. The van der Waals surface area contributed by atoms with Crippen LogP contribution in [0, 0.1) is 20.8 Å². The summed E-state index contributed by atoms with van der Waals surface area (Å²) < 4.78 is 0. The summed E-state index contributed by atoms with van der Waals surface area (Å²) in [6, 6.07) is 17.0. The number of benzene rings is 2. The van der Waals surface area contributed by atoms with Gasteiger partial charge in [0.15, 0.2) is 0 Å². The molecule has 0 atom stereocenters. The predicted molar refractivity (Wildman–Crippen MR) is 69.0 cm³/mol. The van der Waals surface area contributed by atoms with E-state index >= 15 is 0 Å². The van der Waals surface area contributed by atoms with E-state index in [1.165, 1.54) is 22.3 Å². The van der Waals surface area contributed by atoms with E-state index in [1.54, 1.807) is 0 Å². The van der Waals surface area contributed by atoms with Gasteiger partial charge in [0.1, 0.15) is 0 Å². The van der Waals surface area contributed by atoms with Crippen LogP contribution in [-0.4, -0.2) is 0 Å². The van der Waals surface area contributed by atoms with Crippen LogP contribution >= 0.6 is 0 Å². The summed E-state index contributed by atoms with van der Waals surface area (Å²) in [7, 11) is 0. The summed E-state index contributed by atoms with van der Waals surface area (Å²) in [6.07, 6.45) is 2.24. The molecule has 2 aromatic rings. The summed E-state index contributed by atoms with van der Waals surface area (Å²) in [5, 5.41) is 0. The van der Waals surface area contributed by atoms with Crippen LogP contribution in [0.15, 0.2) is 48.5 Å². The van der Waals surface area contributed by atoms with Crippen LogP contribution in [0.5, 0.6) is 0 Å². The third-order valence-electron chi connectivity index (χ3n) is 3.05. The molecule has 87 valence electrons. The molecule has 0 aliphatic heterocycles. The Morgan fingerprint density at radius 3 is 1.71 bits per heavy atom. The minimum atomic E-state index is 0. The predicted octanol–water partition coefficient (Wildman–Crippen LogP) is 4.01. The molecule has 0 saturated heterocycles. The molecule has 1 heteroatoms. The van der Waals surface area contributed by atoms with Gasteiger partial charge in [-0.25, -0.2) is 0 Å². The molecular formula is C16H15V-3. The maximum absolute atomic E-state index is 4.26. The van der Waals surface area contributed by atoms with Gasteiger partial charge in [-0.15, -0.1) is 40.8 Å². The molecule has 1 aliphatic carbocycles. The fourth-order valence-corrected chi connectivity index (χ4v) is 2.25. The van der Waals surface area contributed by atoms with Gasteiger partial charge >= 0.3 is 0 Å². The van der Waals surface area contributed by atoms with Crippen LogP contribution in [0.4, 0.5) is 0 Å². The summed E-state index contributed by atoms with van der Waals surface area (Å²) in [6.45, 7) is 4.26. The molecule has 1 radical (unpaired) electrons. The molecule has 0 spiro atoms. The zero-order valence-corrected chi connectivity index (χ0v) is 11.3. The second-order valence-electron chi connectivity index (χ2n) is 3.95. The first-order chi connectivity index (χ1) is 7.36. The van der Waals surface area contributed by atoms with E-state index in [-0.39, 0.29) is 31.9 Å². The number of fused-ring (bicyclic) bond motifs is 2. The molecule has 0 N–H and O–H groups in total. The van der Waals surface area contributed by atoms with Crippen molar-refractivity contribution >= 4 is 0 Å². The molecule has 0 aromatic heterocycles. The molecule has 0 fully saturated rings. The quantitative estimate of drug-likeness (QED) is 0.626. The van der Waals surface area contributed by atoms with Gasteiger partial charge in [-0.2, -0.15) is 5.92 Å². The van der Waals surface area contributed by atoms with Gasteiger partial charge in [-0.05, 0) is 0 Å². The Balaban J connectivity index is 0.000000722. The van der Waals surface area contributed by atoms with Crippen molar-refractivity contribution in [1.29, 1.82) is 0 Å². The Kier molecular flexibility index (Phi) is 4.50. The van der Waals surface area contributed by atoms with Crippen LogP contribution < -0.4 is 0 Å². The van der Waals surface area contributed by atoms with E-state index in [0.717, 1.165) is 0 Å². The third-order valence-corrected chi connectivity index (χ3v) is 3.05. The van der Waals surface area contributed by atoms with Crippen molar-refractivity contribution in [2.45, 2.75) is 5.92 Å². The topological polar surface area (TPSA) is 0 Å². The molecule has 0 heterocycles. The molecule has 0 amide bonds. The first-order valence-corrected chi connectivity index (χ1v) is 5.22. The van der Waals surface area contributed by atoms with E-state index in [9.17, 15) is 0 Å². The molecule has 0 bridgehead atoms. The van der Waals surface area contributed by atoms with E-state index in [1.807, 2.05) is 0 Å². The van der Waals surface area contributed by atoms with Gasteiger partial charge in [-0.1, -0.05) is 36.4 Å². The summed E-state index contributed by atoms with van der Waals surface area (Å²) in [5.74, 6) is 0.266. The Hall–Kier alpha value is -1.11. The van der Waals surface area contributed by atoms with Gasteiger partial charge in [-0.3, -0.25) is 0 Å². The second-order valence-corrected chi connectivity index (χ2v) is 3.95. The van der Waals surface area contributed by atoms with Gasteiger partial charge in [0.05, 0.1) is 0 Å². The van der Waals surface area contributed by atoms with E-state index in [4.69, 9.17) is 0 Å². The molecule has 0 unspecified atom stereocenters. The van der Waals surface area contributed by atoms with Crippen molar-refractivity contribution in [3.8, 4) is 0 Å². The Morgan fingerprint density at radius 2 is 1.24 bits per heavy atom. The van der Waals surface area contributed by atoms with Crippen molar-refractivity contribution in [3.63, 3.8) is 0 Å². The molecule has 0 saturated carbocycles. The first kappa shape index (κ1) is 14.0. The van der Waals surface area contributed by atoms with Gasteiger partial charge in [0.25, 0.3) is 0 Å². The fourth-order valence-electron chi connectivity index (χ4n) is 2.25. The number of hydrogen-bond donors (Lipinski definition) is 0. The van der Waals surface area contributed by atoms with Crippen LogP contribution in [0.2, 0.25) is 0 Å². The third kappa shape index (κ3) is 2.29. The molecule has 2 aromatic carbocycles. The molecule has 1 aliphatic rings. The molecular weight excluding hydrogens is 243 g/mol. The van der Waals surface area contributed by atoms with Crippen LogP contribution in [0.1, 0.15) is 28.2 Å². The largest absolute Gasteiger partial charge is 0.358 e. The Bertz CT molecular complexity index is 457. The summed E-state index contributed by atoms with van der Waals surface area (Å²) >= 11 is 0. The zero-order chi connectivity index (χ0) is 10.3. The van der Waals surface area contributed by atoms with Crippen LogP contribution in [0.25, 0.3) is 0 Å². The van der Waals surface area contributed by atoms with Gasteiger partial charge in [0.2, 0.25) is 0 Å². The Labute approximate surface area is 116 Å². The Morgan fingerprint density at radius 1 is 0.824 bits per heavy atom. The second kappa shape index (κ2) is 5.49. The standard InChI is InChI=1S/C15H12.CH3.V/c1-11-14-8-4-2-6-12(14)10-13-7-3-5-9-15(11)13;;/h2-11H,1H2;1H3;/q-2;-1;. The minimum absolute atomic E-state index is 0. The van der Waals surface area contributed by atoms with Crippen molar-refractivity contribution in [2.24, 2.45) is 0 Å². The number of rotatable bonds is 0. The smallest absolute Gasteiger partial charge is 0 e. The molecule has 3 rings (SSSR count). The number of hydrogen-bond acceptors (Lipinski definition) is 0. The normalized spacial score (nSPS) is 12.3. The zero-order valence-electron chi connectivity index (χ0n) is 9.93.